The first-order valence-corrected chi connectivity index (χ1v) is 9.39. The topological polar surface area (TPSA) is 56.7 Å². The molecule has 0 saturated carbocycles. The molecule has 1 atom stereocenters. The minimum atomic E-state index is -0.328. The van der Waals surface area contributed by atoms with Gasteiger partial charge in [0.2, 0.25) is 5.91 Å². The highest BCUT2D eigenvalue weighted by molar-refractivity contribution is 6.13. The van der Waals surface area contributed by atoms with Crippen molar-refractivity contribution in [2.24, 2.45) is 4.99 Å². The lowest BCUT2D eigenvalue weighted by atomic mass is 9.97. The van der Waals surface area contributed by atoms with Crippen LogP contribution in [-0.2, 0) is 4.79 Å². The molecule has 0 saturated heterocycles. The minimum Gasteiger partial charge on any atom is -0.385 e. The Morgan fingerprint density at radius 2 is 2.00 bits per heavy atom. The van der Waals surface area contributed by atoms with E-state index in [1.165, 1.54) is 0 Å². The van der Waals surface area contributed by atoms with Crippen molar-refractivity contribution >= 4 is 29.2 Å². The molecule has 0 radical (unpaired) electrons. The van der Waals surface area contributed by atoms with Crippen LogP contribution >= 0.6 is 0 Å². The van der Waals surface area contributed by atoms with Crippen LogP contribution in [0.3, 0.4) is 0 Å². The molecule has 0 spiro atoms. The zero-order valence-electron chi connectivity index (χ0n) is 16.5. The summed E-state index contributed by atoms with van der Waals surface area (Å²) in [5, 5.41) is 6.42. The number of hydrogen-bond donors (Lipinski definition) is 2. The van der Waals surface area contributed by atoms with Gasteiger partial charge >= 0.3 is 0 Å². The first-order valence-electron chi connectivity index (χ1n) is 9.39. The molecule has 3 rings (SSSR count). The van der Waals surface area contributed by atoms with Crippen molar-refractivity contribution in [2.75, 3.05) is 37.8 Å². The van der Waals surface area contributed by atoms with Crippen molar-refractivity contribution in [3.8, 4) is 0 Å². The second-order valence-electron chi connectivity index (χ2n) is 7.36. The number of carbonyl (C=O) groups is 1. The van der Waals surface area contributed by atoms with Gasteiger partial charge < -0.3 is 15.5 Å². The van der Waals surface area contributed by atoms with E-state index in [1.54, 1.807) is 6.21 Å². The van der Waals surface area contributed by atoms with E-state index in [9.17, 15) is 4.79 Å². The molecule has 0 fully saturated rings. The number of hydrogen-bond acceptors (Lipinski definition) is 4. The van der Waals surface area contributed by atoms with Crippen LogP contribution in [0.4, 0.5) is 17.1 Å². The maximum atomic E-state index is 12.3. The van der Waals surface area contributed by atoms with Crippen LogP contribution in [0.2, 0.25) is 0 Å². The molecule has 2 aromatic rings. The molecule has 0 aliphatic carbocycles. The van der Waals surface area contributed by atoms with Gasteiger partial charge in [0.15, 0.2) is 0 Å². The number of rotatable bonds is 7. The number of benzene rings is 2. The molecule has 1 amide bonds. The van der Waals surface area contributed by atoms with Crippen molar-refractivity contribution in [1.29, 1.82) is 0 Å². The van der Waals surface area contributed by atoms with Crippen LogP contribution in [0.5, 0.6) is 0 Å². The minimum absolute atomic E-state index is 0.0149. The van der Waals surface area contributed by atoms with Gasteiger partial charge in [0.05, 0.1) is 5.69 Å². The van der Waals surface area contributed by atoms with E-state index in [2.05, 4.69) is 53.7 Å². The van der Waals surface area contributed by atoms with Crippen molar-refractivity contribution in [2.45, 2.75) is 26.2 Å². The number of aliphatic imine (C=N–C) groups is 1. The fourth-order valence-electron chi connectivity index (χ4n) is 3.39. The first kappa shape index (κ1) is 19.1. The molecule has 142 valence electrons. The highest BCUT2D eigenvalue weighted by atomic mass is 16.2. The summed E-state index contributed by atoms with van der Waals surface area (Å²) in [5.74, 6) is -0.343. The maximum absolute atomic E-state index is 12.3. The smallest absolute Gasteiger partial charge is 0.237 e. The summed E-state index contributed by atoms with van der Waals surface area (Å²) < 4.78 is 0. The van der Waals surface area contributed by atoms with Gasteiger partial charge in [-0.3, -0.25) is 9.79 Å². The Kier molecular flexibility index (Phi) is 5.91. The van der Waals surface area contributed by atoms with Gasteiger partial charge in [-0.2, -0.15) is 0 Å². The number of nitrogens with one attached hydrogen (secondary N) is 2. The van der Waals surface area contributed by atoms with Gasteiger partial charge in [0.25, 0.3) is 0 Å². The van der Waals surface area contributed by atoms with E-state index in [1.807, 2.05) is 31.2 Å². The fourth-order valence-corrected chi connectivity index (χ4v) is 3.39. The molecule has 1 unspecified atom stereocenters. The Hall–Kier alpha value is -2.66. The molecule has 0 bridgehead atoms. The zero-order chi connectivity index (χ0) is 19.4. The van der Waals surface area contributed by atoms with Crippen molar-refractivity contribution in [3.63, 3.8) is 0 Å². The lowest BCUT2D eigenvalue weighted by Gasteiger charge is -2.12. The number of nitrogens with zero attached hydrogens (tertiary/aromatic N) is 2. The van der Waals surface area contributed by atoms with Gasteiger partial charge in [0, 0.05) is 24.1 Å². The highest BCUT2D eigenvalue weighted by Crippen LogP contribution is 2.34. The zero-order valence-corrected chi connectivity index (χ0v) is 16.5. The quantitative estimate of drug-likeness (QED) is 0.574. The van der Waals surface area contributed by atoms with Crippen LogP contribution in [0.15, 0.2) is 41.4 Å². The predicted octanol–water partition coefficient (Wildman–Crippen LogP) is 4.11. The van der Waals surface area contributed by atoms with Gasteiger partial charge in [-0.15, -0.1) is 0 Å². The molecule has 1 heterocycles. The molecule has 2 N–H and O–H groups in total. The average molecular weight is 364 g/mol. The molecule has 1 aliphatic rings. The van der Waals surface area contributed by atoms with Gasteiger partial charge in [-0.1, -0.05) is 12.1 Å². The van der Waals surface area contributed by atoms with Gasteiger partial charge in [-0.25, -0.2) is 0 Å². The molecule has 0 aromatic heterocycles. The second-order valence-corrected chi connectivity index (χ2v) is 7.36. The SMILES string of the molecule is Cc1cc(N=CC2C(=O)Nc3cccc(C)c32)ccc1NCCCN(C)C. The Morgan fingerprint density at radius 3 is 2.74 bits per heavy atom. The fraction of sp³-hybridized carbons (Fsp3) is 0.364. The number of fused-ring (bicyclic) bond motifs is 1. The number of amides is 1. The maximum Gasteiger partial charge on any atom is 0.237 e. The van der Waals surface area contributed by atoms with Crippen molar-refractivity contribution < 1.29 is 4.79 Å². The van der Waals surface area contributed by atoms with Crippen molar-refractivity contribution in [1.82, 2.24) is 4.90 Å². The highest BCUT2D eigenvalue weighted by Gasteiger charge is 2.30. The van der Waals surface area contributed by atoms with E-state index >= 15 is 0 Å². The third kappa shape index (κ3) is 4.55. The number of aryl methyl sites for hydroxylation is 2. The van der Waals surface area contributed by atoms with E-state index in [0.717, 1.165) is 53.3 Å². The Balaban J connectivity index is 1.68. The lowest BCUT2D eigenvalue weighted by Crippen LogP contribution is -2.16. The number of carbonyl (C=O) groups excluding carboxylic acids is 1. The summed E-state index contributed by atoms with van der Waals surface area (Å²) in [4.78, 5) is 19.1. The van der Waals surface area contributed by atoms with Crippen LogP contribution in [0.1, 0.15) is 29.0 Å². The lowest BCUT2D eigenvalue weighted by molar-refractivity contribution is -0.115. The molecule has 5 heteroatoms. The second kappa shape index (κ2) is 8.35. The third-order valence-electron chi connectivity index (χ3n) is 4.86. The summed E-state index contributed by atoms with van der Waals surface area (Å²) in [6, 6.07) is 12.0. The Morgan fingerprint density at radius 1 is 1.19 bits per heavy atom. The largest absolute Gasteiger partial charge is 0.385 e. The van der Waals surface area contributed by atoms with E-state index in [-0.39, 0.29) is 11.8 Å². The van der Waals surface area contributed by atoms with E-state index in [4.69, 9.17) is 0 Å². The monoisotopic (exact) mass is 364 g/mol. The van der Waals surface area contributed by atoms with Crippen LogP contribution in [-0.4, -0.2) is 44.2 Å². The summed E-state index contributed by atoms with van der Waals surface area (Å²) in [7, 11) is 4.17. The van der Waals surface area contributed by atoms with E-state index in [0.29, 0.717) is 0 Å². The van der Waals surface area contributed by atoms with Crippen molar-refractivity contribution in [3.05, 3.63) is 53.1 Å². The first-order chi connectivity index (χ1) is 13.0. The predicted molar refractivity (Wildman–Crippen MR) is 114 cm³/mol. The molecule has 2 aromatic carbocycles. The average Bonchev–Trinajstić information content (AvgIpc) is 2.94. The summed E-state index contributed by atoms with van der Waals surface area (Å²) in [6.45, 7) is 6.12. The van der Waals surface area contributed by atoms with Gasteiger partial charge in [-0.05, 0) is 81.9 Å². The number of anilines is 2. The Labute approximate surface area is 161 Å². The summed E-state index contributed by atoms with van der Waals surface area (Å²) >= 11 is 0. The third-order valence-corrected chi connectivity index (χ3v) is 4.86. The van der Waals surface area contributed by atoms with Gasteiger partial charge in [0.1, 0.15) is 5.92 Å². The molecular formula is C22H28N4O. The summed E-state index contributed by atoms with van der Waals surface area (Å²) in [6.07, 6.45) is 2.86. The van der Waals surface area contributed by atoms with E-state index < -0.39 is 0 Å². The molecular weight excluding hydrogens is 336 g/mol. The standard InChI is InChI=1S/C22H28N4O/c1-15-7-5-8-20-21(15)18(22(27)25-20)14-24-17-9-10-19(16(2)13-17)23-11-6-12-26(3)4/h5,7-10,13-14,18,23H,6,11-12H2,1-4H3,(H,25,27). The van der Waals surface area contributed by atoms with Crippen LogP contribution < -0.4 is 10.6 Å². The van der Waals surface area contributed by atoms with Crippen LogP contribution in [0, 0.1) is 13.8 Å². The molecule has 1 aliphatic heterocycles. The summed E-state index contributed by atoms with van der Waals surface area (Å²) in [5.41, 5.74) is 6.18. The Bertz CT molecular complexity index is 857. The molecule has 27 heavy (non-hydrogen) atoms. The van der Waals surface area contributed by atoms with Crippen LogP contribution in [0.25, 0.3) is 0 Å². The normalized spacial score (nSPS) is 16.0. The molecule has 5 nitrogen and oxygen atoms in total.